The molecule has 0 aromatic carbocycles. The van der Waals surface area contributed by atoms with Crippen LogP contribution in [0.2, 0.25) is 0 Å². The quantitative estimate of drug-likeness (QED) is 0.456. The lowest BCUT2D eigenvalue weighted by Crippen LogP contribution is -2.45. The summed E-state index contributed by atoms with van der Waals surface area (Å²) >= 11 is 0. The van der Waals surface area contributed by atoms with Crippen LogP contribution < -0.4 is 15.9 Å². The van der Waals surface area contributed by atoms with Crippen molar-refractivity contribution in [2.24, 2.45) is 0 Å². The molecule has 7 heteroatoms. The van der Waals surface area contributed by atoms with Crippen molar-refractivity contribution < 1.29 is 9.59 Å². The van der Waals surface area contributed by atoms with Gasteiger partial charge < -0.3 is 20.7 Å². The van der Waals surface area contributed by atoms with E-state index in [0.717, 1.165) is 0 Å². The van der Waals surface area contributed by atoms with Crippen molar-refractivity contribution in [3.05, 3.63) is 18.3 Å². The van der Waals surface area contributed by atoms with Gasteiger partial charge in [-0.3, -0.25) is 4.79 Å². The van der Waals surface area contributed by atoms with E-state index in [4.69, 9.17) is 0 Å². The third-order valence-electron chi connectivity index (χ3n) is 2.22. The second kappa shape index (κ2) is 4.76. The van der Waals surface area contributed by atoms with E-state index in [1.54, 1.807) is 18.3 Å². The minimum Gasteiger partial charge on any atom is -0.366 e. The van der Waals surface area contributed by atoms with Crippen LogP contribution in [0, 0.1) is 0 Å². The zero-order valence-corrected chi connectivity index (χ0v) is 8.43. The van der Waals surface area contributed by atoms with E-state index in [1.807, 2.05) is 0 Å². The number of carbonyl (C=O) groups excluding carboxylic acids is 2. The van der Waals surface area contributed by atoms with Gasteiger partial charge in [-0.25, -0.2) is 4.98 Å². The van der Waals surface area contributed by atoms with Crippen LogP contribution in [0.15, 0.2) is 18.3 Å². The molecule has 1 amide bonds. The Bertz CT molecular complexity index is 412. The van der Waals surface area contributed by atoms with E-state index in [-0.39, 0.29) is 5.91 Å². The molecule has 1 aliphatic heterocycles. The Labute approximate surface area is 93.1 Å². The maximum absolute atomic E-state index is 11.7. The Balaban J connectivity index is 2.12. The molecular weight excluding hydrogens is 207 g/mol. The van der Waals surface area contributed by atoms with Crippen LogP contribution in [-0.4, -0.2) is 37.1 Å². The Morgan fingerprint density at radius 3 is 3.31 bits per heavy atom. The average molecular weight is 217 g/mol. The van der Waals surface area contributed by atoms with Crippen molar-refractivity contribution in [3.8, 4) is 0 Å². The van der Waals surface area contributed by atoms with Gasteiger partial charge in [0.15, 0.2) is 0 Å². The molecule has 1 aromatic rings. The fourth-order valence-electron chi connectivity index (χ4n) is 1.45. The van der Waals surface area contributed by atoms with Crippen LogP contribution in [-0.2, 0) is 9.59 Å². The molecule has 0 spiro atoms. The molecule has 0 aliphatic carbocycles. The molecular formula is C9H10BN4O2. The summed E-state index contributed by atoms with van der Waals surface area (Å²) < 4.78 is 0. The SMILES string of the molecule is O=C[B]N[C@H]1CNc2ncccc2NC1=O. The zero-order chi connectivity index (χ0) is 11.4. The van der Waals surface area contributed by atoms with Crippen LogP contribution in [0.5, 0.6) is 0 Å². The Kier molecular flexibility index (Phi) is 3.16. The van der Waals surface area contributed by atoms with Crippen molar-refractivity contribution in [1.82, 2.24) is 10.2 Å². The molecule has 1 aliphatic rings. The van der Waals surface area contributed by atoms with Gasteiger partial charge >= 0.3 is 0 Å². The molecule has 1 aromatic heterocycles. The summed E-state index contributed by atoms with van der Waals surface area (Å²) in [5.41, 5.74) is 0.642. The molecule has 2 heterocycles. The first-order valence-corrected chi connectivity index (χ1v) is 4.84. The van der Waals surface area contributed by atoms with Gasteiger partial charge in [-0.15, -0.1) is 0 Å². The van der Waals surface area contributed by atoms with E-state index < -0.39 is 6.04 Å². The number of aromatic nitrogens is 1. The number of anilines is 2. The number of amides is 1. The summed E-state index contributed by atoms with van der Waals surface area (Å²) in [6, 6.07) is 3.02. The highest BCUT2D eigenvalue weighted by Gasteiger charge is 2.22. The zero-order valence-electron chi connectivity index (χ0n) is 8.43. The van der Waals surface area contributed by atoms with Crippen LogP contribution in [0.25, 0.3) is 0 Å². The van der Waals surface area contributed by atoms with Gasteiger partial charge in [-0.1, -0.05) is 0 Å². The first kappa shape index (κ1) is 10.6. The molecule has 3 N–H and O–H groups in total. The third-order valence-corrected chi connectivity index (χ3v) is 2.22. The van der Waals surface area contributed by atoms with Gasteiger partial charge in [0.1, 0.15) is 5.82 Å². The maximum atomic E-state index is 11.7. The van der Waals surface area contributed by atoms with Crippen molar-refractivity contribution in [2.45, 2.75) is 6.04 Å². The highest BCUT2D eigenvalue weighted by atomic mass is 16.2. The van der Waals surface area contributed by atoms with Crippen molar-refractivity contribution in [3.63, 3.8) is 0 Å². The third kappa shape index (κ3) is 2.19. The van der Waals surface area contributed by atoms with Crippen LogP contribution in [0.4, 0.5) is 11.5 Å². The lowest BCUT2D eigenvalue weighted by Gasteiger charge is -2.12. The predicted octanol–water partition coefficient (Wildman–Crippen LogP) is -0.787. The number of pyridine rings is 1. The van der Waals surface area contributed by atoms with Gasteiger partial charge in [-0.05, 0) is 12.1 Å². The van der Waals surface area contributed by atoms with Crippen molar-refractivity contribution >= 4 is 31.0 Å². The molecule has 0 saturated carbocycles. The molecule has 2 rings (SSSR count). The predicted molar refractivity (Wildman–Crippen MR) is 60.8 cm³/mol. The number of hydrogen-bond donors (Lipinski definition) is 3. The topological polar surface area (TPSA) is 83.1 Å². The Morgan fingerprint density at radius 2 is 2.50 bits per heavy atom. The first-order valence-electron chi connectivity index (χ1n) is 4.84. The molecule has 6 nitrogen and oxygen atoms in total. The van der Waals surface area contributed by atoms with Crippen LogP contribution >= 0.6 is 0 Å². The number of fused-ring (bicyclic) bond motifs is 1. The van der Waals surface area contributed by atoms with Gasteiger partial charge in [0.25, 0.3) is 7.41 Å². The van der Waals surface area contributed by atoms with Crippen molar-refractivity contribution in [2.75, 3.05) is 17.2 Å². The molecule has 0 fully saturated rings. The lowest BCUT2D eigenvalue weighted by molar-refractivity contribution is -0.117. The number of nitrogens with zero attached hydrogens (tertiary/aromatic N) is 1. The van der Waals surface area contributed by atoms with Crippen LogP contribution in [0.3, 0.4) is 0 Å². The standard InChI is InChI=1S/C9H10BN4O2/c15-5-10-14-7-4-12-8-6(13-9(7)16)2-1-3-11-8/h1-3,5,7,14H,4H2,(H,11,12)(H,13,16)/t7-/m0/s1. The minimum atomic E-state index is -0.487. The number of hydrogen-bond acceptors (Lipinski definition) is 5. The normalized spacial score (nSPS) is 18.8. The molecule has 1 atom stereocenters. The molecule has 0 saturated heterocycles. The number of rotatable bonds is 3. The van der Waals surface area contributed by atoms with E-state index in [0.29, 0.717) is 24.2 Å². The monoisotopic (exact) mass is 217 g/mol. The highest BCUT2D eigenvalue weighted by Crippen LogP contribution is 2.20. The number of nitrogens with one attached hydrogen (secondary N) is 3. The molecule has 0 unspecified atom stereocenters. The van der Waals surface area contributed by atoms with Gasteiger partial charge in [0.2, 0.25) is 5.91 Å². The summed E-state index contributed by atoms with van der Waals surface area (Å²) in [4.78, 5) is 26.0. The van der Waals surface area contributed by atoms with Gasteiger partial charge in [0, 0.05) is 12.7 Å². The fraction of sp³-hybridized carbons (Fsp3) is 0.222. The molecule has 16 heavy (non-hydrogen) atoms. The highest BCUT2D eigenvalue weighted by molar-refractivity contribution is 6.64. The Morgan fingerprint density at radius 1 is 1.62 bits per heavy atom. The summed E-state index contributed by atoms with van der Waals surface area (Å²) in [6.45, 7) is 0.375. The summed E-state index contributed by atoms with van der Waals surface area (Å²) in [7, 11) is 1.20. The summed E-state index contributed by atoms with van der Waals surface area (Å²) in [6.07, 6.45) is 2.24. The van der Waals surface area contributed by atoms with Crippen LogP contribution in [0.1, 0.15) is 0 Å². The number of carbonyl (C=O) groups is 2. The second-order valence-corrected chi connectivity index (χ2v) is 3.29. The van der Waals surface area contributed by atoms with E-state index in [9.17, 15) is 9.59 Å². The minimum absolute atomic E-state index is 0.197. The van der Waals surface area contributed by atoms with Crippen molar-refractivity contribution in [1.29, 1.82) is 0 Å². The van der Waals surface area contributed by atoms with Gasteiger partial charge in [-0.2, -0.15) is 0 Å². The second-order valence-electron chi connectivity index (χ2n) is 3.29. The Hall–Kier alpha value is -1.89. The molecule has 1 radical (unpaired) electrons. The van der Waals surface area contributed by atoms with E-state index >= 15 is 0 Å². The smallest absolute Gasteiger partial charge is 0.291 e. The van der Waals surface area contributed by atoms with E-state index in [1.165, 1.54) is 7.41 Å². The van der Waals surface area contributed by atoms with E-state index in [2.05, 4.69) is 20.8 Å². The van der Waals surface area contributed by atoms with Gasteiger partial charge in [0.05, 0.1) is 17.9 Å². The first-order chi connectivity index (χ1) is 7.81. The maximum Gasteiger partial charge on any atom is 0.291 e. The lowest BCUT2D eigenvalue weighted by atomic mass is 9.96. The largest absolute Gasteiger partial charge is 0.366 e. The summed E-state index contributed by atoms with van der Waals surface area (Å²) in [5.74, 6) is 0.434. The summed E-state index contributed by atoms with van der Waals surface area (Å²) in [5, 5.41) is 8.44. The average Bonchev–Trinajstić information content (AvgIpc) is 2.45. The molecule has 81 valence electrons. The fourth-order valence-corrected chi connectivity index (χ4v) is 1.45. The molecule has 0 bridgehead atoms.